The van der Waals surface area contributed by atoms with Crippen LogP contribution in [0.1, 0.15) is 43.7 Å². The SMILES string of the molecule is O=C(CC1C=CCC1)N1CCCC1c1ccc(O)cc1. The molecule has 0 aromatic heterocycles. The average Bonchev–Trinajstić information content (AvgIpc) is 3.10. The van der Waals surface area contributed by atoms with E-state index in [1.165, 1.54) is 0 Å². The molecule has 1 fully saturated rings. The van der Waals surface area contributed by atoms with Crippen molar-refractivity contribution in [3.05, 3.63) is 42.0 Å². The Kier molecular flexibility index (Phi) is 3.77. The first-order valence-electron chi connectivity index (χ1n) is 7.49. The summed E-state index contributed by atoms with van der Waals surface area (Å²) in [5.74, 6) is 0.987. The van der Waals surface area contributed by atoms with E-state index in [9.17, 15) is 9.90 Å². The number of benzene rings is 1. The number of carbonyl (C=O) groups is 1. The van der Waals surface area contributed by atoms with Crippen molar-refractivity contribution in [1.82, 2.24) is 4.90 Å². The van der Waals surface area contributed by atoms with Crippen LogP contribution in [0.25, 0.3) is 0 Å². The average molecular weight is 271 g/mol. The molecule has 3 rings (SSSR count). The van der Waals surface area contributed by atoms with E-state index in [2.05, 4.69) is 12.2 Å². The molecule has 0 bridgehead atoms. The Morgan fingerprint density at radius 3 is 2.75 bits per heavy atom. The second-order valence-electron chi connectivity index (χ2n) is 5.81. The summed E-state index contributed by atoms with van der Waals surface area (Å²) in [6, 6.07) is 7.46. The Labute approximate surface area is 119 Å². The van der Waals surface area contributed by atoms with Crippen molar-refractivity contribution in [2.24, 2.45) is 5.92 Å². The Morgan fingerprint density at radius 1 is 1.25 bits per heavy atom. The molecule has 3 heteroatoms. The number of phenolic OH excluding ortho intramolecular Hbond substituents is 1. The molecule has 2 unspecified atom stereocenters. The summed E-state index contributed by atoms with van der Waals surface area (Å²) < 4.78 is 0. The fraction of sp³-hybridized carbons (Fsp3) is 0.471. The van der Waals surface area contributed by atoms with Gasteiger partial charge in [-0.3, -0.25) is 4.79 Å². The Balaban J connectivity index is 1.69. The number of nitrogens with zero attached hydrogens (tertiary/aromatic N) is 1. The van der Waals surface area contributed by atoms with E-state index in [1.807, 2.05) is 17.0 Å². The van der Waals surface area contributed by atoms with Crippen LogP contribution in [0.15, 0.2) is 36.4 Å². The van der Waals surface area contributed by atoms with Crippen molar-refractivity contribution >= 4 is 5.91 Å². The molecule has 20 heavy (non-hydrogen) atoms. The van der Waals surface area contributed by atoms with Gasteiger partial charge < -0.3 is 10.0 Å². The van der Waals surface area contributed by atoms with Crippen LogP contribution >= 0.6 is 0 Å². The predicted molar refractivity (Wildman–Crippen MR) is 78.3 cm³/mol. The van der Waals surface area contributed by atoms with E-state index >= 15 is 0 Å². The molecule has 1 aliphatic heterocycles. The number of hydrogen-bond donors (Lipinski definition) is 1. The summed E-state index contributed by atoms with van der Waals surface area (Å²) in [5, 5.41) is 9.38. The molecule has 2 aliphatic rings. The molecule has 3 nitrogen and oxygen atoms in total. The van der Waals surface area contributed by atoms with E-state index in [1.54, 1.807) is 12.1 Å². The number of aromatic hydroxyl groups is 1. The molecule has 1 saturated heterocycles. The van der Waals surface area contributed by atoms with Gasteiger partial charge in [0, 0.05) is 13.0 Å². The fourth-order valence-corrected chi connectivity index (χ4v) is 3.32. The van der Waals surface area contributed by atoms with Gasteiger partial charge in [-0.15, -0.1) is 0 Å². The lowest BCUT2D eigenvalue weighted by molar-refractivity contribution is -0.132. The predicted octanol–water partition coefficient (Wildman–Crippen LogP) is 3.41. The monoisotopic (exact) mass is 271 g/mol. The maximum absolute atomic E-state index is 12.5. The normalized spacial score (nSPS) is 25.3. The smallest absolute Gasteiger partial charge is 0.223 e. The summed E-state index contributed by atoms with van der Waals surface area (Å²) >= 11 is 0. The van der Waals surface area contributed by atoms with Crippen LogP contribution in [0.2, 0.25) is 0 Å². The van der Waals surface area contributed by atoms with Crippen molar-refractivity contribution < 1.29 is 9.90 Å². The molecular formula is C17H21NO2. The molecule has 1 aliphatic carbocycles. The summed E-state index contributed by atoms with van der Waals surface area (Å²) in [4.78, 5) is 14.5. The molecule has 0 radical (unpaired) electrons. The minimum absolute atomic E-state index is 0.188. The first-order chi connectivity index (χ1) is 9.74. The largest absolute Gasteiger partial charge is 0.508 e. The maximum Gasteiger partial charge on any atom is 0.223 e. The first-order valence-corrected chi connectivity index (χ1v) is 7.49. The molecule has 1 aromatic carbocycles. The minimum atomic E-state index is 0.188. The number of phenols is 1. The van der Waals surface area contributed by atoms with Crippen molar-refractivity contribution in [3.8, 4) is 5.75 Å². The summed E-state index contributed by atoms with van der Waals surface area (Å²) in [6.07, 6.45) is 9.33. The van der Waals surface area contributed by atoms with E-state index in [4.69, 9.17) is 0 Å². The van der Waals surface area contributed by atoms with E-state index in [-0.39, 0.29) is 17.7 Å². The first kappa shape index (κ1) is 13.2. The van der Waals surface area contributed by atoms with Crippen molar-refractivity contribution in [1.29, 1.82) is 0 Å². The zero-order valence-electron chi connectivity index (χ0n) is 11.7. The van der Waals surface area contributed by atoms with Crippen molar-refractivity contribution in [2.45, 2.75) is 38.1 Å². The number of allylic oxidation sites excluding steroid dienone is 2. The van der Waals surface area contributed by atoms with Crippen LogP contribution in [-0.4, -0.2) is 22.5 Å². The van der Waals surface area contributed by atoms with Gasteiger partial charge in [0.2, 0.25) is 5.91 Å². The van der Waals surface area contributed by atoms with Gasteiger partial charge in [0.15, 0.2) is 0 Å². The van der Waals surface area contributed by atoms with Gasteiger partial charge in [-0.05, 0) is 49.3 Å². The number of hydrogen-bond acceptors (Lipinski definition) is 2. The molecule has 0 saturated carbocycles. The van der Waals surface area contributed by atoms with Crippen molar-refractivity contribution in [3.63, 3.8) is 0 Å². The summed E-state index contributed by atoms with van der Waals surface area (Å²) in [6.45, 7) is 0.862. The zero-order chi connectivity index (χ0) is 13.9. The molecule has 1 aromatic rings. The number of likely N-dealkylation sites (tertiary alicyclic amines) is 1. The lowest BCUT2D eigenvalue weighted by Gasteiger charge is -2.26. The van der Waals surface area contributed by atoms with Crippen LogP contribution in [0.3, 0.4) is 0 Å². The van der Waals surface area contributed by atoms with Gasteiger partial charge in [0.25, 0.3) is 0 Å². The lowest BCUT2D eigenvalue weighted by atomic mass is 10.0. The molecule has 1 N–H and O–H groups in total. The topological polar surface area (TPSA) is 40.5 Å². The van der Waals surface area contributed by atoms with Crippen LogP contribution < -0.4 is 0 Å². The highest BCUT2D eigenvalue weighted by Gasteiger charge is 2.30. The fourth-order valence-electron chi connectivity index (χ4n) is 3.32. The molecule has 1 amide bonds. The second-order valence-corrected chi connectivity index (χ2v) is 5.81. The van der Waals surface area contributed by atoms with Gasteiger partial charge in [-0.1, -0.05) is 24.3 Å². The maximum atomic E-state index is 12.5. The number of amides is 1. The molecular weight excluding hydrogens is 250 g/mol. The van der Waals surface area contributed by atoms with Gasteiger partial charge in [0.05, 0.1) is 6.04 Å². The lowest BCUT2D eigenvalue weighted by Crippen LogP contribution is -2.31. The summed E-state index contributed by atoms with van der Waals surface area (Å²) in [7, 11) is 0. The Hall–Kier alpha value is -1.77. The standard InChI is InChI=1S/C17H21NO2/c19-15-9-7-14(8-10-15)16-6-3-11-18(16)17(20)12-13-4-1-2-5-13/h1,4,7-10,13,16,19H,2-3,5-6,11-12H2. The van der Waals surface area contributed by atoms with Crippen LogP contribution in [0, 0.1) is 5.92 Å². The van der Waals surface area contributed by atoms with Gasteiger partial charge in [-0.2, -0.15) is 0 Å². The zero-order valence-corrected chi connectivity index (χ0v) is 11.7. The third kappa shape index (κ3) is 2.72. The third-order valence-electron chi connectivity index (χ3n) is 4.40. The molecule has 1 heterocycles. The van der Waals surface area contributed by atoms with Crippen LogP contribution in [0.5, 0.6) is 5.75 Å². The minimum Gasteiger partial charge on any atom is -0.508 e. The molecule has 106 valence electrons. The Bertz CT molecular complexity index is 506. The van der Waals surface area contributed by atoms with Crippen LogP contribution in [0.4, 0.5) is 0 Å². The highest BCUT2D eigenvalue weighted by molar-refractivity contribution is 5.77. The number of carbonyl (C=O) groups excluding carboxylic acids is 1. The van der Waals surface area contributed by atoms with E-state index in [0.717, 1.165) is 37.8 Å². The Morgan fingerprint density at radius 2 is 2.05 bits per heavy atom. The quantitative estimate of drug-likeness (QED) is 0.856. The van der Waals surface area contributed by atoms with Crippen molar-refractivity contribution in [2.75, 3.05) is 6.54 Å². The second kappa shape index (κ2) is 5.70. The summed E-state index contributed by atoms with van der Waals surface area (Å²) in [5.41, 5.74) is 1.13. The number of rotatable bonds is 3. The van der Waals surface area contributed by atoms with Gasteiger partial charge >= 0.3 is 0 Å². The highest BCUT2D eigenvalue weighted by atomic mass is 16.3. The van der Waals surface area contributed by atoms with Gasteiger partial charge in [-0.25, -0.2) is 0 Å². The molecule has 0 spiro atoms. The molecule has 2 atom stereocenters. The van der Waals surface area contributed by atoms with Gasteiger partial charge in [0.1, 0.15) is 5.75 Å². The van der Waals surface area contributed by atoms with Crippen LogP contribution in [-0.2, 0) is 4.79 Å². The van der Waals surface area contributed by atoms with E-state index < -0.39 is 0 Å². The highest BCUT2D eigenvalue weighted by Crippen LogP contribution is 2.34. The van der Waals surface area contributed by atoms with E-state index in [0.29, 0.717) is 12.3 Å². The third-order valence-corrected chi connectivity index (χ3v) is 4.40.